The number of pyridine rings is 1. The summed E-state index contributed by atoms with van der Waals surface area (Å²) in [5.74, 6) is -1.19. The van der Waals surface area contributed by atoms with E-state index in [-0.39, 0.29) is 29.4 Å². The summed E-state index contributed by atoms with van der Waals surface area (Å²) in [6.45, 7) is 5.02. The van der Waals surface area contributed by atoms with Gasteiger partial charge in [-0.25, -0.2) is 9.97 Å². The van der Waals surface area contributed by atoms with Gasteiger partial charge in [0, 0.05) is 17.6 Å². The molecule has 2 heterocycles. The highest BCUT2D eigenvalue weighted by Crippen LogP contribution is 2.49. The van der Waals surface area contributed by atoms with Crippen LogP contribution in [0, 0.1) is 12.3 Å². The van der Waals surface area contributed by atoms with Gasteiger partial charge in [0.2, 0.25) is 0 Å². The van der Waals surface area contributed by atoms with Gasteiger partial charge in [0.25, 0.3) is 5.56 Å². The van der Waals surface area contributed by atoms with Crippen molar-refractivity contribution in [3.05, 3.63) is 27.7 Å². The molecule has 0 radical (unpaired) electrons. The van der Waals surface area contributed by atoms with E-state index in [1.807, 2.05) is 13.2 Å². The van der Waals surface area contributed by atoms with Crippen molar-refractivity contribution in [3.8, 4) is 0 Å². The molecule has 1 fully saturated rings. The number of carboxylic acids is 1. The zero-order valence-electron chi connectivity index (χ0n) is 15.9. The number of hydrogen-bond donors (Lipinski definition) is 1. The Balaban J connectivity index is 2.38. The molecule has 8 heteroatoms. The molecule has 144 valence electrons. The molecule has 0 aliphatic heterocycles. The Hall–Kier alpha value is -2.22. The Morgan fingerprint density at radius 3 is 2.74 bits per heavy atom. The number of carbonyl (C=O) groups excluding carboxylic acids is 1. The second-order valence-electron chi connectivity index (χ2n) is 7.46. The second kappa shape index (κ2) is 7.07. The maximum atomic E-state index is 13.3. The molecule has 2 atom stereocenters. The third-order valence-electron chi connectivity index (χ3n) is 5.62. The largest absolute Gasteiger partial charge is 0.481 e. The molecule has 0 spiro atoms. The van der Waals surface area contributed by atoms with Crippen LogP contribution in [0.3, 0.4) is 0 Å². The highest BCUT2D eigenvalue weighted by Gasteiger charge is 2.43. The Morgan fingerprint density at radius 2 is 2.15 bits per heavy atom. The number of aromatic nitrogens is 3. The first-order valence-corrected chi connectivity index (χ1v) is 10.1. The SMILES string of the molecule is CSc1ncc2c(C)c(C(C)=O)c(=O)n([C@H]3CCC[C@@]3(C)CC(=O)O)c2n1. The minimum Gasteiger partial charge on any atom is -0.481 e. The standard InChI is InChI=1S/C19H23N3O4S/c1-10-12-9-20-18(27-4)21-16(12)22(17(26)15(10)11(2)23)13-6-5-7-19(13,3)8-14(24)25/h9,13H,5-8H2,1-4H3,(H,24,25)/t13-,19-/m0/s1. The summed E-state index contributed by atoms with van der Waals surface area (Å²) in [5.41, 5.74) is 0.222. The molecule has 0 aromatic carbocycles. The number of nitrogens with zero attached hydrogens (tertiary/aromatic N) is 3. The summed E-state index contributed by atoms with van der Waals surface area (Å²) in [7, 11) is 0. The fourth-order valence-electron chi connectivity index (χ4n) is 4.33. The van der Waals surface area contributed by atoms with Crippen LogP contribution in [-0.4, -0.2) is 37.6 Å². The maximum Gasteiger partial charge on any atom is 0.303 e. The molecule has 1 aliphatic carbocycles. The molecule has 2 aromatic rings. The van der Waals surface area contributed by atoms with E-state index in [4.69, 9.17) is 0 Å². The van der Waals surface area contributed by atoms with Gasteiger partial charge in [-0.2, -0.15) is 0 Å². The molecular weight excluding hydrogens is 366 g/mol. The summed E-state index contributed by atoms with van der Waals surface area (Å²) >= 11 is 1.37. The van der Waals surface area contributed by atoms with Gasteiger partial charge in [-0.3, -0.25) is 19.0 Å². The van der Waals surface area contributed by atoms with Crippen LogP contribution in [0.1, 0.15) is 61.5 Å². The predicted molar refractivity (Wildman–Crippen MR) is 104 cm³/mol. The Bertz CT molecular complexity index is 1000. The van der Waals surface area contributed by atoms with Crippen molar-refractivity contribution in [3.63, 3.8) is 0 Å². The molecule has 0 bridgehead atoms. The molecule has 1 saturated carbocycles. The Morgan fingerprint density at radius 1 is 1.44 bits per heavy atom. The van der Waals surface area contributed by atoms with E-state index >= 15 is 0 Å². The molecule has 27 heavy (non-hydrogen) atoms. The first-order chi connectivity index (χ1) is 12.7. The molecule has 0 saturated heterocycles. The lowest BCUT2D eigenvalue weighted by molar-refractivity contribution is -0.140. The molecule has 7 nitrogen and oxygen atoms in total. The van der Waals surface area contributed by atoms with Crippen molar-refractivity contribution in [2.75, 3.05) is 6.26 Å². The molecule has 2 aromatic heterocycles. The van der Waals surface area contributed by atoms with Crippen molar-refractivity contribution in [1.29, 1.82) is 0 Å². The van der Waals surface area contributed by atoms with Crippen molar-refractivity contribution in [2.24, 2.45) is 5.41 Å². The summed E-state index contributed by atoms with van der Waals surface area (Å²) in [6, 6.07) is -0.327. The fourth-order valence-corrected chi connectivity index (χ4v) is 4.66. The van der Waals surface area contributed by atoms with Gasteiger partial charge in [-0.1, -0.05) is 25.1 Å². The van der Waals surface area contributed by atoms with Crippen LogP contribution >= 0.6 is 11.8 Å². The van der Waals surface area contributed by atoms with E-state index in [0.29, 0.717) is 34.6 Å². The van der Waals surface area contributed by atoms with Gasteiger partial charge in [0.05, 0.1) is 12.0 Å². The number of aryl methyl sites for hydroxylation is 1. The molecule has 0 amide bonds. The zero-order valence-corrected chi connectivity index (χ0v) is 16.7. The van der Waals surface area contributed by atoms with Gasteiger partial charge in [0.15, 0.2) is 10.9 Å². The Labute approximate surface area is 161 Å². The number of Topliss-reactive ketones (excluding diaryl/α,β-unsaturated/α-hetero) is 1. The number of carbonyl (C=O) groups is 2. The first-order valence-electron chi connectivity index (χ1n) is 8.88. The topological polar surface area (TPSA) is 102 Å². The quantitative estimate of drug-likeness (QED) is 0.476. The normalized spacial score (nSPS) is 22.3. The minimum absolute atomic E-state index is 0.0324. The maximum absolute atomic E-state index is 13.3. The lowest BCUT2D eigenvalue weighted by Crippen LogP contribution is -2.37. The summed E-state index contributed by atoms with van der Waals surface area (Å²) in [4.78, 5) is 45.8. The number of rotatable bonds is 5. The summed E-state index contributed by atoms with van der Waals surface area (Å²) < 4.78 is 1.57. The van der Waals surface area contributed by atoms with Crippen LogP contribution in [0.4, 0.5) is 0 Å². The highest BCUT2D eigenvalue weighted by molar-refractivity contribution is 7.98. The van der Waals surface area contributed by atoms with Crippen LogP contribution in [0.5, 0.6) is 0 Å². The van der Waals surface area contributed by atoms with Crippen LogP contribution < -0.4 is 5.56 Å². The van der Waals surface area contributed by atoms with E-state index < -0.39 is 11.4 Å². The number of fused-ring (bicyclic) bond motifs is 1. The molecule has 3 rings (SSSR count). The number of aliphatic carboxylic acids is 1. The Kier molecular flexibility index (Phi) is 5.12. The third-order valence-corrected chi connectivity index (χ3v) is 6.18. The fraction of sp³-hybridized carbons (Fsp3) is 0.526. The number of thioether (sulfide) groups is 1. The van der Waals surface area contributed by atoms with Crippen molar-refractivity contribution < 1.29 is 14.7 Å². The van der Waals surface area contributed by atoms with Gasteiger partial charge < -0.3 is 5.11 Å². The van der Waals surface area contributed by atoms with Crippen LogP contribution in [0.15, 0.2) is 16.1 Å². The summed E-state index contributed by atoms with van der Waals surface area (Å²) in [5, 5.41) is 10.6. The van der Waals surface area contributed by atoms with Gasteiger partial charge in [-0.15, -0.1) is 0 Å². The minimum atomic E-state index is -0.889. The average molecular weight is 389 g/mol. The van der Waals surface area contributed by atoms with Crippen LogP contribution in [0.2, 0.25) is 0 Å². The van der Waals surface area contributed by atoms with Crippen molar-refractivity contribution in [1.82, 2.24) is 14.5 Å². The van der Waals surface area contributed by atoms with Crippen LogP contribution in [-0.2, 0) is 4.79 Å². The number of hydrogen-bond acceptors (Lipinski definition) is 6. The van der Waals surface area contributed by atoms with E-state index in [1.165, 1.54) is 18.7 Å². The lowest BCUT2D eigenvalue weighted by atomic mass is 9.81. The second-order valence-corrected chi connectivity index (χ2v) is 8.23. The van der Waals surface area contributed by atoms with Crippen molar-refractivity contribution >= 4 is 34.5 Å². The number of carboxylic acid groups (broad SMARTS) is 1. The molecular formula is C19H23N3O4S. The molecule has 1 aliphatic rings. The average Bonchev–Trinajstić information content (AvgIpc) is 2.94. The number of ketones is 1. The highest BCUT2D eigenvalue weighted by atomic mass is 32.2. The van der Waals surface area contributed by atoms with Gasteiger partial charge in [0.1, 0.15) is 5.65 Å². The summed E-state index contributed by atoms with van der Waals surface area (Å²) in [6.07, 6.45) is 5.68. The van der Waals surface area contributed by atoms with Crippen molar-refractivity contribution in [2.45, 2.75) is 57.7 Å². The molecule has 0 unspecified atom stereocenters. The smallest absolute Gasteiger partial charge is 0.303 e. The molecule has 1 N–H and O–H groups in total. The van der Waals surface area contributed by atoms with E-state index in [0.717, 1.165) is 6.42 Å². The first kappa shape index (κ1) is 19.5. The van der Waals surface area contributed by atoms with E-state index in [9.17, 15) is 19.5 Å². The third kappa shape index (κ3) is 3.26. The lowest BCUT2D eigenvalue weighted by Gasteiger charge is -2.32. The van der Waals surface area contributed by atoms with E-state index in [2.05, 4.69) is 9.97 Å². The predicted octanol–water partition coefficient (Wildman–Crippen LogP) is 3.23. The van der Waals surface area contributed by atoms with E-state index in [1.54, 1.807) is 17.7 Å². The zero-order chi connectivity index (χ0) is 19.9. The van der Waals surface area contributed by atoms with Gasteiger partial charge >= 0.3 is 5.97 Å². The van der Waals surface area contributed by atoms with Crippen LogP contribution in [0.25, 0.3) is 11.0 Å². The monoisotopic (exact) mass is 389 g/mol. The van der Waals surface area contributed by atoms with Gasteiger partial charge in [-0.05, 0) is 43.9 Å².